The van der Waals surface area contributed by atoms with E-state index in [2.05, 4.69) is 19.1 Å². The molecule has 4 nitrogen and oxygen atoms in total. The molecule has 4 rings (SSSR count). The fraction of sp³-hybridized carbons (Fsp3) is 0.368. The van der Waals surface area contributed by atoms with Gasteiger partial charge in [-0.05, 0) is 53.8 Å². The molecule has 0 spiro atoms. The first-order valence-electron chi connectivity index (χ1n) is 8.10. The van der Waals surface area contributed by atoms with Crippen LogP contribution in [-0.2, 0) is 0 Å². The molecule has 0 radical (unpaired) electrons. The van der Waals surface area contributed by atoms with Gasteiger partial charge in [-0.1, -0.05) is 19.1 Å². The van der Waals surface area contributed by atoms with Crippen molar-refractivity contribution in [2.45, 2.75) is 31.8 Å². The number of hydrogen-bond donors (Lipinski definition) is 1. The van der Waals surface area contributed by atoms with Crippen molar-refractivity contribution in [2.75, 3.05) is 13.4 Å². The average molecular weight is 312 g/mol. The summed E-state index contributed by atoms with van der Waals surface area (Å²) in [6.07, 6.45) is 1.21. The number of aliphatic hydroxyl groups is 1. The summed E-state index contributed by atoms with van der Waals surface area (Å²) in [5.74, 6) is 2.58. The zero-order valence-corrected chi connectivity index (χ0v) is 13.1. The number of rotatable bonds is 4. The summed E-state index contributed by atoms with van der Waals surface area (Å²) in [6, 6.07) is 12.1. The van der Waals surface area contributed by atoms with Crippen LogP contribution in [0.4, 0.5) is 0 Å². The highest BCUT2D eigenvalue weighted by Crippen LogP contribution is 2.47. The highest BCUT2D eigenvalue weighted by atomic mass is 16.7. The highest BCUT2D eigenvalue weighted by molar-refractivity contribution is 5.51. The fourth-order valence-electron chi connectivity index (χ4n) is 3.39. The van der Waals surface area contributed by atoms with Crippen LogP contribution >= 0.6 is 0 Å². The molecule has 0 saturated carbocycles. The van der Waals surface area contributed by atoms with Crippen LogP contribution < -0.4 is 14.2 Å². The van der Waals surface area contributed by atoms with Gasteiger partial charge in [-0.15, -0.1) is 0 Å². The maximum Gasteiger partial charge on any atom is 0.231 e. The van der Waals surface area contributed by atoms with Gasteiger partial charge in [0, 0.05) is 5.92 Å². The molecule has 1 aliphatic carbocycles. The topological polar surface area (TPSA) is 47.9 Å². The Kier molecular flexibility index (Phi) is 3.62. The second-order valence-corrected chi connectivity index (χ2v) is 6.06. The van der Waals surface area contributed by atoms with Gasteiger partial charge < -0.3 is 19.3 Å². The molecule has 1 heterocycles. The van der Waals surface area contributed by atoms with Gasteiger partial charge in [0.1, 0.15) is 5.75 Å². The molecule has 0 saturated heterocycles. The van der Waals surface area contributed by atoms with Crippen molar-refractivity contribution in [3.05, 3.63) is 53.1 Å². The van der Waals surface area contributed by atoms with E-state index in [4.69, 9.17) is 14.2 Å². The average Bonchev–Trinajstić information content (AvgIpc) is 3.17. The number of benzene rings is 2. The minimum absolute atomic E-state index is 0.176. The van der Waals surface area contributed by atoms with Crippen LogP contribution in [0, 0.1) is 0 Å². The molecule has 23 heavy (non-hydrogen) atoms. The van der Waals surface area contributed by atoms with Crippen LogP contribution in [0.25, 0.3) is 0 Å². The monoisotopic (exact) mass is 312 g/mol. The standard InChI is InChI=1S/C19H20O4/c1-2-7-21-13-4-5-14-15(10-17(20)16(14)9-13)12-3-6-18-19(8-12)23-11-22-18/h3-6,8-9,15,17,20H,2,7,10-11H2,1H3/t15?,17-/m0/s1. The summed E-state index contributed by atoms with van der Waals surface area (Å²) in [7, 11) is 0. The van der Waals surface area contributed by atoms with Gasteiger partial charge in [-0.25, -0.2) is 0 Å². The summed E-state index contributed by atoms with van der Waals surface area (Å²) in [4.78, 5) is 0. The summed E-state index contributed by atoms with van der Waals surface area (Å²) >= 11 is 0. The second-order valence-electron chi connectivity index (χ2n) is 6.06. The van der Waals surface area contributed by atoms with Crippen molar-refractivity contribution in [3.8, 4) is 17.2 Å². The van der Waals surface area contributed by atoms with Crippen LogP contribution in [0.5, 0.6) is 17.2 Å². The normalized spacial score (nSPS) is 21.3. The van der Waals surface area contributed by atoms with E-state index < -0.39 is 6.10 Å². The Morgan fingerprint density at radius 1 is 1.09 bits per heavy atom. The predicted molar refractivity (Wildman–Crippen MR) is 86.2 cm³/mol. The molecule has 1 N–H and O–H groups in total. The van der Waals surface area contributed by atoms with Crippen LogP contribution in [0.15, 0.2) is 36.4 Å². The molecule has 4 heteroatoms. The molecule has 2 atom stereocenters. The van der Waals surface area contributed by atoms with Crippen LogP contribution in [0.2, 0.25) is 0 Å². The van der Waals surface area contributed by atoms with E-state index in [1.165, 1.54) is 5.56 Å². The molecule has 0 fully saturated rings. The van der Waals surface area contributed by atoms with Gasteiger partial charge in [0.25, 0.3) is 0 Å². The van der Waals surface area contributed by atoms with E-state index in [0.29, 0.717) is 13.0 Å². The summed E-state index contributed by atoms with van der Waals surface area (Å²) in [5.41, 5.74) is 3.29. The lowest BCUT2D eigenvalue weighted by Gasteiger charge is -2.13. The van der Waals surface area contributed by atoms with E-state index in [9.17, 15) is 5.11 Å². The van der Waals surface area contributed by atoms with Gasteiger partial charge in [0.2, 0.25) is 6.79 Å². The zero-order valence-electron chi connectivity index (χ0n) is 13.1. The van der Waals surface area contributed by atoms with E-state index >= 15 is 0 Å². The summed E-state index contributed by atoms with van der Waals surface area (Å²) in [5, 5.41) is 10.4. The van der Waals surface area contributed by atoms with Gasteiger partial charge in [-0.3, -0.25) is 0 Å². The zero-order chi connectivity index (χ0) is 15.8. The molecule has 2 aromatic carbocycles. The fourth-order valence-corrected chi connectivity index (χ4v) is 3.39. The predicted octanol–water partition coefficient (Wildman–Crippen LogP) is 3.77. The van der Waals surface area contributed by atoms with E-state index in [1.54, 1.807) is 0 Å². The van der Waals surface area contributed by atoms with Gasteiger partial charge in [0.15, 0.2) is 11.5 Å². The molecule has 2 aromatic rings. The van der Waals surface area contributed by atoms with Crippen molar-refractivity contribution in [2.24, 2.45) is 0 Å². The lowest BCUT2D eigenvalue weighted by atomic mass is 9.92. The lowest BCUT2D eigenvalue weighted by molar-refractivity contribution is 0.173. The third kappa shape index (κ3) is 2.53. The van der Waals surface area contributed by atoms with E-state index in [-0.39, 0.29) is 12.7 Å². The molecule has 120 valence electrons. The molecular formula is C19H20O4. The third-order valence-electron chi connectivity index (χ3n) is 4.52. The Morgan fingerprint density at radius 2 is 1.96 bits per heavy atom. The first-order chi connectivity index (χ1) is 11.3. The molecule has 0 aromatic heterocycles. The summed E-state index contributed by atoms with van der Waals surface area (Å²) in [6.45, 7) is 3.05. The molecular weight excluding hydrogens is 292 g/mol. The highest BCUT2D eigenvalue weighted by Gasteiger charge is 2.32. The second kappa shape index (κ2) is 5.78. The van der Waals surface area contributed by atoms with Crippen LogP contribution in [0.1, 0.15) is 48.5 Å². The molecule has 1 aliphatic heterocycles. The van der Waals surface area contributed by atoms with Gasteiger partial charge in [-0.2, -0.15) is 0 Å². The van der Waals surface area contributed by atoms with Crippen molar-refractivity contribution in [1.82, 2.24) is 0 Å². The SMILES string of the molecule is CCCOc1ccc2c(c1)[C@@H](O)CC2c1ccc2c(c1)OCO2. The molecule has 0 bridgehead atoms. The van der Waals surface area contributed by atoms with Gasteiger partial charge in [0.05, 0.1) is 12.7 Å². The van der Waals surface area contributed by atoms with Gasteiger partial charge >= 0.3 is 0 Å². The first-order valence-corrected chi connectivity index (χ1v) is 8.10. The third-order valence-corrected chi connectivity index (χ3v) is 4.52. The number of hydrogen-bond acceptors (Lipinski definition) is 4. The first kappa shape index (κ1) is 14.4. The van der Waals surface area contributed by atoms with Crippen LogP contribution in [0.3, 0.4) is 0 Å². The maximum absolute atomic E-state index is 10.4. The van der Waals surface area contributed by atoms with Crippen molar-refractivity contribution < 1.29 is 19.3 Å². The van der Waals surface area contributed by atoms with Crippen molar-refractivity contribution >= 4 is 0 Å². The Bertz CT molecular complexity index is 725. The minimum Gasteiger partial charge on any atom is -0.494 e. The Labute approximate surface area is 135 Å². The minimum atomic E-state index is -0.453. The smallest absolute Gasteiger partial charge is 0.231 e. The molecule has 2 aliphatic rings. The molecule has 1 unspecified atom stereocenters. The van der Waals surface area contributed by atoms with Crippen molar-refractivity contribution in [3.63, 3.8) is 0 Å². The molecule has 0 amide bonds. The van der Waals surface area contributed by atoms with Crippen LogP contribution in [-0.4, -0.2) is 18.5 Å². The van der Waals surface area contributed by atoms with E-state index in [1.807, 2.05) is 24.3 Å². The summed E-state index contributed by atoms with van der Waals surface area (Å²) < 4.78 is 16.5. The Balaban J connectivity index is 1.66. The number of aliphatic hydroxyl groups excluding tert-OH is 1. The van der Waals surface area contributed by atoms with E-state index in [0.717, 1.165) is 34.8 Å². The maximum atomic E-state index is 10.4. The largest absolute Gasteiger partial charge is 0.494 e. The van der Waals surface area contributed by atoms with Crippen molar-refractivity contribution in [1.29, 1.82) is 0 Å². The Hall–Kier alpha value is -2.20. The quantitative estimate of drug-likeness (QED) is 0.933. The lowest BCUT2D eigenvalue weighted by Crippen LogP contribution is -1.98. The number of fused-ring (bicyclic) bond motifs is 2. The Morgan fingerprint density at radius 3 is 2.83 bits per heavy atom. The number of ether oxygens (including phenoxy) is 3.